The van der Waals surface area contributed by atoms with Crippen LogP contribution in [0, 0.1) is 5.82 Å². The summed E-state index contributed by atoms with van der Waals surface area (Å²) in [5.41, 5.74) is 2.27. The second-order valence-electron chi connectivity index (χ2n) is 11.7. The fraction of sp³-hybridized carbons (Fsp3) is 0.448. The third kappa shape index (κ3) is 4.58. The number of aromatic nitrogens is 2. The molecule has 220 valence electrons. The van der Waals surface area contributed by atoms with Crippen molar-refractivity contribution >= 4 is 38.6 Å². The molecule has 1 aromatic carbocycles. The Morgan fingerprint density at radius 2 is 1.76 bits per heavy atom. The second-order valence-corrected chi connectivity index (χ2v) is 13.8. The van der Waals surface area contributed by atoms with E-state index >= 15 is 4.39 Å². The number of pyridine rings is 1. The van der Waals surface area contributed by atoms with E-state index in [2.05, 4.69) is 10.2 Å². The number of imide groups is 1. The number of likely N-dealkylation sites (tertiary alicyclic amines) is 1. The summed E-state index contributed by atoms with van der Waals surface area (Å²) in [5, 5.41) is 3.08. The number of carbonyl (C=O) groups is 3. The minimum Gasteiger partial charge on any atom is -0.327 e. The van der Waals surface area contributed by atoms with Crippen molar-refractivity contribution in [3.05, 3.63) is 53.0 Å². The molecule has 13 heteroatoms. The molecular formula is C29H29F2N5O5S. The summed E-state index contributed by atoms with van der Waals surface area (Å²) in [6.07, 6.45) is 2.15. The van der Waals surface area contributed by atoms with Gasteiger partial charge in [0.15, 0.2) is 9.84 Å². The quantitative estimate of drug-likeness (QED) is 0.449. The molecule has 4 aliphatic rings. The Labute approximate surface area is 240 Å². The molecule has 42 heavy (non-hydrogen) atoms. The van der Waals surface area contributed by atoms with Gasteiger partial charge in [0.05, 0.1) is 29.8 Å². The van der Waals surface area contributed by atoms with Crippen LogP contribution in [0.5, 0.6) is 0 Å². The van der Waals surface area contributed by atoms with Gasteiger partial charge in [-0.2, -0.15) is 0 Å². The lowest BCUT2D eigenvalue weighted by Crippen LogP contribution is -2.52. The number of fused-ring (bicyclic) bond motifs is 2. The van der Waals surface area contributed by atoms with E-state index in [1.165, 1.54) is 17.0 Å². The third-order valence-electron chi connectivity index (χ3n) is 8.89. The SMILES string of the molecule is O=C1CCC(N2Cc3c(ccc(-c4cc(CN5CCC(F)CC5)c5ccn(C6CS(=O)(=O)C6)c5n4)c3F)C2=O)C(=O)N1. The van der Waals surface area contributed by atoms with Crippen LogP contribution in [0.1, 0.15) is 53.2 Å². The molecule has 7 rings (SSSR count). The smallest absolute Gasteiger partial charge is 0.255 e. The molecule has 1 unspecified atom stereocenters. The van der Waals surface area contributed by atoms with Crippen molar-refractivity contribution in [2.45, 2.75) is 57.0 Å². The number of hydrogen-bond acceptors (Lipinski definition) is 7. The number of sulfone groups is 1. The predicted molar refractivity (Wildman–Crippen MR) is 148 cm³/mol. The molecule has 1 atom stereocenters. The molecule has 1 N–H and O–H groups in total. The molecule has 0 aliphatic carbocycles. The van der Waals surface area contributed by atoms with Gasteiger partial charge in [0.2, 0.25) is 11.8 Å². The molecule has 6 heterocycles. The van der Waals surface area contributed by atoms with Crippen molar-refractivity contribution < 1.29 is 31.6 Å². The Hall–Kier alpha value is -3.71. The molecule has 10 nitrogen and oxygen atoms in total. The van der Waals surface area contributed by atoms with Gasteiger partial charge in [-0.1, -0.05) is 0 Å². The molecule has 2 aromatic heterocycles. The lowest BCUT2D eigenvalue weighted by molar-refractivity contribution is -0.136. The van der Waals surface area contributed by atoms with Crippen molar-refractivity contribution in [2.75, 3.05) is 24.6 Å². The molecule has 3 aromatic rings. The molecule has 0 bridgehead atoms. The number of rotatable bonds is 5. The van der Waals surface area contributed by atoms with Crippen molar-refractivity contribution in [1.29, 1.82) is 0 Å². The van der Waals surface area contributed by atoms with E-state index in [1.807, 2.05) is 22.9 Å². The molecule has 0 saturated carbocycles. The van der Waals surface area contributed by atoms with Crippen molar-refractivity contribution in [1.82, 2.24) is 24.7 Å². The van der Waals surface area contributed by atoms with Crippen LogP contribution >= 0.6 is 0 Å². The number of nitrogens with one attached hydrogen (secondary N) is 1. The van der Waals surface area contributed by atoms with Crippen LogP contribution in [0.25, 0.3) is 22.3 Å². The van der Waals surface area contributed by atoms with Gasteiger partial charge in [-0.3, -0.25) is 24.6 Å². The summed E-state index contributed by atoms with van der Waals surface area (Å²) < 4.78 is 55.7. The summed E-state index contributed by atoms with van der Waals surface area (Å²) in [5.74, 6) is -2.03. The summed E-state index contributed by atoms with van der Waals surface area (Å²) in [6.45, 7) is 1.57. The molecule has 0 spiro atoms. The Bertz CT molecular complexity index is 1750. The first-order chi connectivity index (χ1) is 20.1. The maximum Gasteiger partial charge on any atom is 0.255 e. The Kier molecular flexibility index (Phi) is 6.42. The summed E-state index contributed by atoms with van der Waals surface area (Å²) in [4.78, 5) is 45.5. The van der Waals surface area contributed by atoms with Gasteiger partial charge in [0, 0.05) is 54.3 Å². The fourth-order valence-electron chi connectivity index (χ4n) is 6.56. The number of piperidine rings is 2. The van der Waals surface area contributed by atoms with Crippen molar-refractivity contribution in [2.24, 2.45) is 0 Å². The van der Waals surface area contributed by atoms with Gasteiger partial charge in [-0.05, 0) is 49.1 Å². The zero-order valence-corrected chi connectivity index (χ0v) is 23.5. The monoisotopic (exact) mass is 597 g/mol. The van der Waals surface area contributed by atoms with Gasteiger partial charge in [0.25, 0.3) is 5.91 Å². The third-order valence-corrected chi connectivity index (χ3v) is 10.7. The van der Waals surface area contributed by atoms with Crippen LogP contribution in [0.15, 0.2) is 30.5 Å². The van der Waals surface area contributed by atoms with E-state index in [0.717, 1.165) is 10.9 Å². The normalized spacial score (nSPS) is 23.3. The topological polar surface area (TPSA) is 122 Å². The summed E-state index contributed by atoms with van der Waals surface area (Å²) in [6, 6.07) is 5.62. The molecule has 3 fully saturated rings. The fourth-order valence-corrected chi connectivity index (χ4v) is 7.96. The Morgan fingerprint density at radius 1 is 1.02 bits per heavy atom. The zero-order valence-electron chi connectivity index (χ0n) is 22.7. The first-order valence-electron chi connectivity index (χ1n) is 14.1. The van der Waals surface area contributed by atoms with E-state index in [9.17, 15) is 27.2 Å². The predicted octanol–water partition coefficient (Wildman–Crippen LogP) is 2.51. The van der Waals surface area contributed by atoms with E-state index in [4.69, 9.17) is 4.98 Å². The van der Waals surface area contributed by atoms with E-state index in [1.54, 1.807) is 0 Å². The van der Waals surface area contributed by atoms with Crippen LogP contribution in [0.3, 0.4) is 0 Å². The molecule has 4 aliphatic heterocycles. The van der Waals surface area contributed by atoms with Crippen molar-refractivity contribution in [3.8, 4) is 11.3 Å². The summed E-state index contributed by atoms with van der Waals surface area (Å²) >= 11 is 0. The van der Waals surface area contributed by atoms with Crippen LogP contribution in [-0.2, 0) is 32.5 Å². The Morgan fingerprint density at radius 3 is 2.48 bits per heavy atom. The largest absolute Gasteiger partial charge is 0.327 e. The van der Waals surface area contributed by atoms with Crippen molar-refractivity contribution in [3.63, 3.8) is 0 Å². The number of amides is 3. The Balaban J connectivity index is 1.27. The van der Waals surface area contributed by atoms with Gasteiger partial charge >= 0.3 is 0 Å². The highest BCUT2D eigenvalue weighted by Crippen LogP contribution is 2.37. The van der Waals surface area contributed by atoms with Crippen LogP contribution in [0.2, 0.25) is 0 Å². The first-order valence-corrected chi connectivity index (χ1v) is 15.9. The average molecular weight is 598 g/mol. The van der Waals surface area contributed by atoms with E-state index in [0.29, 0.717) is 43.8 Å². The average Bonchev–Trinajstić information content (AvgIpc) is 3.50. The molecule has 3 saturated heterocycles. The highest BCUT2D eigenvalue weighted by molar-refractivity contribution is 7.92. The van der Waals surface area contributed by atoms with Crippen LogP contribution < -0.4 is 5.32 Å². The second kappa shape index (κ2) is 9.94. The standard InChI is InChI=1S/C29H29F2N5O5S/c30-17-5-8-34(9-6-17)12-16-11-23(32-27-19(16)7-10-35(27)18-14-42(40,41)15-18)21-2-1-20-22(26(21)31)13-36(29(20)39)24-3-4-25(37)33-28(24)38/h1-2,7,10-11,17-18,24H,3-6,8-9,12-15H2,(H,33,37,38). The number of carbonyl (C=O) groups excluding carboxylic acids is 3. The van der Waals surface area contributed by atoms with Gasteiger partial charge in [-0.15, -0.1) is 0 Å². The number of nitrogens with zero attached hydrogens (tertiary/aromatic N) is 4. The summed E-state index contributed by atoms with van der Waals surface area (Å²) in [7, 11) is -3.10. The molecule has 0 radical (unpaired) electrons. The van der Waals surface area contributed by atoms with Crippen LogP contribution in [-0.4, -0.2) is 82.3 Å². The van der Waals surface area contributed by atoms with Gasteiger partial charge in [0.1, 0.15) is 23.7 Å². The maximum atomic E-state index is 16.2. The van der Waals surface area contributed by atoms with E-state index in [-0.39, 0.29) is 53.6 Å². The minimum atomic E-state index is -3.10. The first kappa shape index (κ1) is 27.1. The van der Waals surface area contributed by atoms with Crippen LogP contribution in [0.4, 0.5) is 8.78 Å². The minimum absolute atomic E-state index is 0.00747. The van der Waals surface area contributed by atoms with Gasteiger partial charge in [-0.25, -0.2) is 22.2 Å². The molecular weight excluding hydrogens is 568 g/mol. The van der Waals surface area contributed by atoms with Gasteiger partial charge < -0.3 is 9.47 Å². The molecule has 3 amide bonds. The number of hydrogen-bond donors (Lipinski definition) is 1. The number of halogens is 2. The maximum absolute atomic E-state index is 16.2. The lowest BCUT2D eigenvalue weighted by Gasteiger charge is -2.29. The number of alkyl halides is 1. The lowest BCUT2D eigenvalue weighted by atomic mass is 10.00. The highest BCUT2D eigenvalue weighted by atomic mass is 32.2. The number of benzene rings is 1. The zero-order chi connectivity index (χ0) is 29.3. The van der Waals surface area contributed by atoms with E-state index < -0.39 is 45.6 Å². The highest BCUT2D eigenvalue weighted by Gasteiger charge is 2.41.